The first kappa shape index (κ1) is 84.2. The molecule has 0 aromatic rings. The third kappa shape index (κ3) is 54.7. The summed E-state index contributed by atoms with van der Waals surface area (Å²) >= 11 is 0. The predicted octanol–water partition coefficient (Wildman–Crippen LogP) is 20.4. The lowest BCUT2D eigenvalue weighted by Crippen LogP contribution is -2.60. The van der Waals surface area contributed by atoms with Gasteiger partial charge in [0.2, 0.25) is 5.91 Å². The van der Waals surface area contributed by atoms with Crippen molar-refractivity contribution in [2.24, 2.45) is 0 Å². The zero-order valence-electron chi connectivity index (χ0n) is 58.0. The highest BCUT2D eigenvalue weighted by Crippen LogP contribution is 2.24. The lowest BCUT2D eigenvalue weighted by atomic mass is 9.99. The minimum atomic E-state index is -1.57. The van der Waals surface area contributed by atoms with Crippen LogP contribution in [0.1, 0.15) is 393 Å². The number of hydrogen-bond donors (Lipinski definition) is 6. The number of carbonyl (C=O) groups is 2. The molecule has 0 aliphatic carbocycles. The van der Waals surface area contributed by atoms with E-state index in [-0.39, 0.29) is 18.5 Å². The quantitative estimate of drug-likeness (QED) is 0.0195. The molecule has 0 bridgehead atoms. The number of ether oxygens (including phenoxy) is 3. The van der Waals surface area contributed by atoms with Crippen molar-refractivity contribution in [2.75, 3.05) is 19.8 Å². The Balaban J connectivity index is 1.86. The zero-order valence-corrected chi connectivity index (χ0v) is 58.0. The van der Waals surface area contributed by atoms with E-state index in [1.54, 1.807) is 6.08 Å². The Morgan fingerprint density at radius 2 is 0.739 bits per heavy atom. The van der Waals surface area contributed by atoms with Gasteiger partial charge in [-0.25, -0.2) is 0 Å². The van der Waals surface area contributed by atoms with E-state index in [1.807, 2.05) is 6.08 Å². The molecule has 6 N–H and O–H groups in total. The second-order valence-corrected chi connectivity index (χ2v) is 27.1. The molecule has 1 aliphatic rings. The second kappa shape index (κ2) is 66.6. The van der Waals surface area contributed by atoms with Gasteiger partial charge in [0, 0.05) is 12.8 Å². The molecule has 0 radical (unpaired) electrons. The van der Waals surface area contributed by atoms with Crippen molar-refractivity contribution in [3.8, 4) is 0 Å². The van der Waals surface area contributed by atoms with Crippen LogP contribution in [0.5, 0.6) is 0 Å². The molecule has 0 saturated carbocycles. The molecule has 11 heteroatoms. The maximum Gasteiger partial charge on any atom is 0.305 e. The second-order valence-electron chi connectivity index (χ2n) is 27.1. The SMILES string of the molecule is CCCC/C=C\CCCCCCCC(=O)OCCCCCCCCCCCCCCCCCCCCCCCCCCCCCCCCCCCCCCCCCC(=O)NC(COC1OC(CO)C(O)C(O)C1O)C(O)/C=C/CCCCCCCCCC. The van der Waals surface area contributed by atoms with Gasteiger partial charge in [-0.3, -0.25) is 9.59 Å². The van der Waals surface area contributed by atoms with Crippen LogP contribution in [0.2, 0.25) is 0 Å². The van der Waals surface area contributed by atoms with E-state index >= 15 is 0 Å². The van der Waals surface area contributed by atoms with Crippen LogP contribution >= 0.6 is 0 Å². The van der Waals surface area contributed by atoms with Crippen LogP contribution in [-0.4, -0.2) is 100 Å². The Hall–Kier alpha value is -1.86. The van der Waals surface area contributed by atoms with Crippen LogP contribution in [-0.2, 0) is 23.8 Å². The molecule has 0 spiro atoms. The monoisotopic (exact) mass is 1250 g/mol. The number of allylic oxidation sites excluding steroid dienone is 3. The summed E-state index contributed by atoms with van der Waals surface area (Å²) in [7, 11) is 0. The lowest BCUT2D eigenvalue weighted by Gasteiger charge is -2.40. The fourth-order valence-corrected chi connectivity index (χ4v) is 12.5. The lowest BCUT2D eigenvalue weighted by molar-refractivity contribution is -0.302. The van der Waals surface area contributed by atoms with Crippen molar-refractivity contribution < 1.29 is 49.3 Å². The highest BCUT2D eigenvalue weighted by Gasteiger charge is 2.44. The molecule has 1 aliphatic heterocycles. The number of hydrogen-bond acceptors (Lipinski definition) is 10. The molecule has 1 heterocycles. The number of esters is 1. The van der Waals surface area contributed by atoms with Crippen molar-refractivity contribution in [1.29, 1.82) is 0 Å². The van der Waals surface area contributed by atoms with Gasteiger partial charge < -0.3 is 45.1 Å². The highest BCUT2D eigenvalue weighted by molar-refractivity contribution is 5.76. The molecular formula is C77H147NO10. The number of carbonyl (C=O) groups excluding carboxylic acids is 2. The summed E-state index contributed by atoms with van der Waals surface area (Å²) in [6, 6.07) is -0.804. The van der Waals surface area contributed by atoms with Gasteiger partial charge in [-0.15, -0.1) is 0 Å². The summed E-state index contributed by atoms with van der Waals surface area (Å²) < 4.78 is 16.7. The standard InChI is InChI=1S/C77H147NO10/c1-3-5-7-9-11-13-44-49-53-57-61-65-73(82)86-66-62-58-54-50-46-43-41-39-37-35-33-31-29-27-25-23-21-19-17-15-16-18-20-22-24-26-28-30-32-34-36-38-40-42-45-48-52-56-60-64-72(81)78-69(68-87-77-76(85)75(84)74(83)71(67-79)88-77)70(80)63-59-55-51-47-14-12-10-8-6-4-2/h9,11,59,63,69-71,74-77,79-80,83-85H,3-8,10,12-58,60-62,64-68H2,1-2H3,(H,78,81)/b11-9-,63-59+. The van der Waals surface area contributed by atoms with Crippen LogP contribution in [0.15, 0.2) is 24.3 Å². The first-order valence-corrected chi connectivity index (χ1v) is 38.6. The molecule has 0 aromatic carbocycles. The molecular weight excluding hydrogens is 1100 g/mol. The van der Waals surface area contributed by atoms with E-state index in [1.165, 1.54) is 308 Å². The van der Waals surface area contributed by atoms with Crippen LogP contribution < -0.4 is 5.32 Å². The molecule has 1 rings (SSSR count). The van der Waals surface area contributed by atoms with Gasteiger partial charge in [0.05, 0.1) is 32.0 Å². The summed E-state index contributed by atoms with van der Waals surface area (Å²) in [6.45, 7) is 4.33. The first-order chi connectivity index (χ1) is 43.2. The van der Waals surface area contributed by atoms with Gasteiger partial charge in [-0.05, 0) is 51.4 Å². The molecule has 1 saturated heterocycles. The molecule has 7 atom stereocenters. The van der Waals surface area contributed by atoms with E-state index in [4.69, 9.17) is 14.2 Å². The first-order valence-electron chi connectivity index (χ1n) is 38.6. The van der Waals surface area contributed by atoms with E-state index in [2.05, 4.69) is 31.3 Å². The van der Waals surface area contributed by atoms with Gasteiger partial charge in [-0.1, -0.05) is 353 Å². The average Bonchev–Trinajstić information content (AvgIpc) is 1.59. The van der Waals surface area contributed by atoms with Gasteiger partial charge >= 0.3 is 5.97 Å². The zero-order chi connectivity index (χ0) is 63.7. The van der Waals surface area contributed by atoms with E-state index in [9.17, 15) is 35.1 Å². The number of aliphatic hydroxyl groups is 5. The molecule has 11 nitrogen and oxygen atoms in total. The van der Waals surface area contributed by atoms with Gasteiger partial charge in [0.1, 0.15) is 24.4 Å². The number of nitrogens with one attached hydrogen (secondary N) is 1. The van der Waals surface area contributed by atoms with Gasteiger partial charge in [0.25, 0.3) is 0 Å². The van der Waals surface area contributed by atoms with Crippen molar-refractivity contribution in [1.82, 2.24) is 5.32 Å². The average molecular weight is 1250 g/mol. The normalized spacial score (nSPS) is 17.8. The van der Waals surface area contributed by atoms with Crippen LogP contribution in [0.25, 0.3) is 0 Å². The summed E-state index contributed by atoms with van der Waals surface area (Å²) in [5, 5.41) is 54.4. The van der Waals surface area contributed by atoms with Crippen molar-refractivity contribution in [3.05, 3.63) is 24.3 Å². The molecule has 7 unspecified atom stereocenters. The summed E-state index contributed by atoms with van der Waals surface area (Å²) in [5.41, 5.74) is 0. The molecule has 520 valence electrons. The van der Waals surface area contributed by atoms with Crippen LogP contribution in [0.4, 0.5) is 0 Å². The molecule has 0 aromatic heterocycles. The largest absolute Gasteiger partial charge is 0.466 e. The molecule has 1 fully saturated rings. The number of rotatable bonds is 69. The number of amides is 1. The summed E-state index contributed by atoms with van der Waals surface area (Å²) in [6.07, 6.45) is 75.1. The van der Waals surface area contributed by atoms with Crippen molar-refractivity contribution in [2.45, 2.75) is 436 Å². The van der Waals surface area contributed by atoms with E-state index in [0.29, 0.717) is 19.4 Å². The van der Waals surface area contributed by atoms with Crippen LogP contribution in [0, 0.1) is 0 Å². The maximum absolute atomic E-state index is 13.0. The fourth-order valence-electron chi connectivity index (χ4n) is 12.5. The minimum Gasteiger partial charge on any atom is -0.466 e. The fraction of sp³-hybridized carbons (Fsp3) is 0.922. The maximum atomic E-state index is 13.0. The van der Waals surface area contributed by atoms with Crippen molar-refractivity contribution >= 4 is 11.9 Å². The minimum absolute atomic E-state index is 0.00769. The number of unbranched alkanes of at least 4 members (excludes halogenated alkanes) is 53. The Kier molecular flexibility index (Phi) is 63.7. The Morgan fingerprint density at radius 1 is 0.409 bits per heavy atom. The molecule has 88 heavy (non-hydrogen) atoms. The molecule has 1 amide bonds. The third-order valence-corrected chi connectivity index (χ3v) is 18.6. The predicted molar refractivity (Wildman–Crippen MR) is 371 cm³/mol. The topological polar surface area (TPSA) is 175 Å². The van der Waals surface area contributed by atoms with E-state index < -0.39 is 49.5 Å². The Labute approximate surface area is 543 Å². The van der Waals surface area contributed by atoms with Gasteiger partial charge in [-0.2, -0.15) is 0 Å². The Morgan fingerprint density at radius 3 is 1.12 bits per heavy atom. The van der Waals surface area contributed by atoms with Gasteiger partial charge in [0.15, 0.2) is 6.29 Å². The van der Waals surface area contributed by atoms with E-state index in [0.717, 1.165) is 57.8 Å². The van der Waals surface area contributed by atoms with Crippen molar-refractivity contribution in [3.63, 3.8) is 0 Å². The van der Waals surface area contributed by atoms with Crippen LogP contribution in [0.3, 0.4) is 0 Å². The summed E-state index contributed by atoms with van der Waals surface area (Å²) in [5.74, 6) is -0.167. The third-order valence-electron chi connectivity index (χ3n) is 18.6. The number of aliphatic hydroxyl groups excluding tert-OH is 5. The smallest absolute Gasteiger partial charge is 0.305 e. The Bertz CT molecular complexity index is 1510. The highest BCUT2D eigenvalue weighted by atomic mass is 16.7. The summed E-state index contributed by atoms with van der Waals surface area (Å²) in [4.78, 5) is 25.1.